The number of hydrogen-bond acceptors (Lipinski definition) is 4. The van der Waals surface area contributed by atoms with Crippen molar-refractivity contribution in [2.24, 2.45) is 5.92 Å². The second-order valence-corrected chi connectivity index (χ2v) is 9.39. The zero-order valence-corrected chi connectivity index (χ0v) is 13.9. The minimum absolute atomic E-state index is 0.0879. The van der Waals surface area contributed by atoms with E-state index in [0.29, 0.717) is 17.2 Å². The zero-order valence-electron chi connectivity index (χ0n) is 12.3. The number of thiophene rings is 1. The monoisotopic (exact) mass is 327 g/mol. The number of sulfone groups is 1. The van der Waals surface area contributed by atoms with Gasteiger partial charge in [0.25, 0.3) is 5.91 Å². The summed E-state index contributed by atoms with van der Waals surface area (Å²) in [6.07, 6.45) is 3.96. The molecule has 3 rings (SSSR count). The Morgan fingerprint density at radius 3 is 3.05 bits per heavy atom. The lowest BCUT2D eigenvalue weighted by Gasteiger charge is -2.32. The molecule has 1 fully saturated rings. The van der Waals surface area contributed by atoms with Crippen molar-refractivity contribution in [1.29, 1.82) is 0 Å². The first kappa shape index (κ1) is 15.0. The van der Waals surface area contributed by atoms with E-state index in [1.807, 2.05) is 11.0 Å². The highest BCUT2D eigenvalue weighted by Crippen LogP contribution is 2.31. The van der Waals surface area contributed by atoms with Crippen LogP contribution in [-0.2, 0) is 22.0 Å². The number of amides is 1. The molecule has 0 aromatic carbocycles. The summed E-state index contributed by atoms with van der Waals surface area (Å²) in [4.78, 5) is 16.4. The lowest BCUT2D eigenvalue weighted by molar-refractivity contribution is 0.0676. The summed E-state index contributed by atoms with van der Waals surface area (Å²) in [5, 5.41) is 0. The van der Waals surface area contributed by atoms with Gasteiger partial charge in [-0.25, -0.2) is 8.42 Å². The van der Waals surface area contributed by atoms with Crippen LogP contribution in [0.5, 0.6) is 0 Å². The van der Waals surface area contributed by atoms with Crippen LogP contribution in [0.15, 0.2) is 6.07 Å². The molecule has 0 radical (unpaired) electrons. The second kappa shape index (κ2) is 5.72. The summed E-state index contributed by atoms with van der Waals surface area (Å²) in [6, 6.07) is 1.81. The van der Waals surface area contributed by atoms with Gasteiger partial charge in [-0.2, -0.15) is 0 Å². The van der Waals surface area contributed by atoms with Gasteiger partial charge in [-0.1, -0.05) is 13.3 Å². The van der Waals surface area contributed by atoms with Gasteiger partial charge in [0.05, 0.1) is 16.4 Å². The highest BCUT2D eigenvalue weighted by Gasteiger charge is 2.28. The van der Waals surface area contributed by atoms with Crippen molar-refractivity contribution >= 4 is 27.1 Å². The molecule has 4 nitrogen and oxygen atoms in total. The Morgan fingerprint density at radius 2 is 2.29 bits per heavy atom. The van der Waals surface area contributed by atoms with E-state index in [1.165, 1.54) is 17.8 Å². The molecule has 2 aliphatic rings. The van der Waals surface area contributed by atoms with E-state index in [9.17, 15) is 13.2 Å². The summed E-state index contributed by atoms with van der Waals surface area (Å²) < 4.78 is 23.4. The van der Waals surface area contributed by atoms with E-state index in [4.69, 9.17) is 0 Å². The Morgan fingerprint density at radius 1 is 1.48 bits per heavy atom. The predicted molar refractivity (Wildman–Crippen MR) is 84.4 cm³/mol. The molecule has 1 aromatic rings. The topological polar surface area (TPSA) is 54.5 Å². The van der Waals surface area contributed by atoms with E-state index in [0.717, 1.165) is 36.4 Å². The molecule has 0 unspecified atom stereocenters. The van der Waals surface area contributed by atoms with Crippen molar-refractivity contribution in [3.8, 4) is 0 Å². The fourth-order valence-corrected chi connectivity index (χ4v) is 5.96. The molecular formula is C15H21NO3S2. The van der Waals surface area contributed by atoms with Gasteiger partial charge in [-0.3, -0.25) is 4.79 Å². The molecule has 1 amide bonds. The summed E-state index contributed by atoms with van der Waals surface area (Å²) >= 11 is 1.49. The Labute approximate surface area is 130 Å². The molecule has 21 heavy (non-hydrogen) atoms. The minimum atomic E-state index is -2.96. The largest absolute Gasteiger partial charge is 0.338 e. The minimum Gasteiger partial charge on any atom is -0.338 e. The van der Waals surface area contributed by atoms with Gasteiger partial charge in [-0.15, -0.1) is 11.3 Å². The lowest BCUT2D eigenvalue weighted by Crippen LogP contribution is -2.39. The predicted octanol–water partition coefficient (Wildman–Crippen LogP) is 2.48. The van der Waals surface area contributed by atoms with Crippen LogP contribution < -0.4 is 0 Å². The summed E-state index contributed by atoms with van der Waals surface area (Å²) in [5.74, 6) is 1.02. The summed E-state index contributed by atoms with van der Waals surface area (Å²) in [6.45, 7) is 3.85. The molecule has 116 valence electrons. The fraction of sp³-hybridized carbons (Fsp3) is 0.667. The molecule has 6 heteroatoms. The van der Waals surface area contributed by atoms with Crippen LogP contribution in [-0.4, -0.2) is 38.1 Å². The highest BCUT2D eigenvalue weighted by atomic mass is 32.2. The van der Waals surface area contributed by atoms with Crippen LogP contribution in [0.3, 0.4) is 0 Å². The highest BCUT2D eigenvalue weighted by molar-refractivity contribution is 7.90. The van der Waals surface area contributed by atoms with Gasteiger partial charge in [0, 0.05) is 18.0 Å². The molecule has 0 aliphatic carbocycles. The smallest absolute Gasteiger partial charge is 0.263 e. The Balaban J connectivity index is 1.78. The summed E-state index contributed by atoms with van der Waals surface area (Å²) in [5.41, 5.74) is 0.846. The van der Waals surface area contributed by atoms with Crippen LogP contribution in [0.4, 0.5) is 0 Å². The molecule has 0 N–H and O–H groups in total. The molecule has 0 spiro atoms. The number of carbonyl (C=O) groups excluding carboxylic acids is 1. The van der Waals surface area contributed by atoms with Crippen LogP contribution in [0.25, 0.3) is 0 Å². The number of nitrogens with zero attached hydrogens (tertiary/aromatic N) is 1. The van der Waals surface area contributed by atoms with E-state index < -0.39 is 9.84 Å². The van der Waals surface area contributed by atoms with Crippen molar-refractivity contribution in [1.82, 2.24) is 4.90 Å². The van der Waals surface area contributed by atoms with Gasteiger partial charge in [0.15, 0.2) is 9.84 Å². The van der Waals surface area contributed by atoms with Crippen molar-refractivity contribution in [3.05, 3.63) is 21.4 Å². The van der Waals surface area contributed by atoms with Gasteiger partial charge >= 0.3 is 0 Å². The van der Waals surface area contributed by atoms with Gasteiger partial charge in [0.2, 0.25) is 0 Å². The average molecular weight is 327 g/mol. The maximum absolute atomic E-state index is 12.6. The van der Waals surface area contributed by atoms with Crippen molar-refractivity contribution in [3.63, 3.8) is 0 Å². The standard InChI is InChI=1S/C15H21NO3S2/c1-2-11-4-3-6-16(9-11)15(17)14-8-12-10-21(18,19)7-5-13(12)20-14/h8,11H,2-7,9-10H2,1H3/t11-/m0/s1. The van der Waals surface area contributed by atoms with E-state index in [2.05, 4.69) is 6.92 Å². The first-order valence-electron chi connectivity index (χ1n) is 7.60. The van der Waals surface area contributed by atoms with Crippen LogP contribution >= 0.6 is 11.3 Å². The summed E-state index contributed by atoms with van der Waals surface area (Å²) in [7, 11) is -2.96. The third-order valence-electron chi connectivity index (χ3n) is 4.51. The third-order valence-corrected chi connectivity index (χ3v) is 7.31. The van der Waals surface area contributed by atoms with Crippen molar-refractivity contribution in [2.45, 2.75) is 38.4 Å². The number of piperidine rings is 1. The van der Waals surface area contributed by atoms with Crippen LogP contribution in [0.1, 0.15) is 46.3 Å². The number of rotatable bonds is 2. The van der Waals surface area contributed by atoms with E-state index in [-0.39, 0.29) is 17.4 Å². The molecular weight excluding hydrogens is 306 g/mol. The Kier molecular flexibility index (Phi) is 4.10. The quantitative estimate of drug-likeness (QED) is 0.838. The Bertz CT molecular complexity index is 648. The first-order valence-corrected chi connectivity index (χ1v) is 10.2. The van der Waals surface area contributed by atoms with Crippen LogP contribution in [0, 0.1) is 5.92 Å². The van der Waals surface area contributed by atoms with Gasteiger partial charge in [-0.05, 0) is 36.8 Å². The molecule has 1 aromatic heterocycles. The number of hydrogen-bond donors (Lipinski definition) is 0. The maximum Gasteiger partial charge on any atom is 0.263 e. The first-order chi connectivity index (χ1) is 9.98. The van der Waals surface area contributed by atoms with E-state index >= 15 is 0 Å². The van der Waals surface area contributed by atoms with Gasteiger partial charge in [0.1, 0.15) is 0 Å². The van der Waals surface area contributed by atoms with E-state index in [1.54, 1.807) is 0 Å². The fourth-order valence-electron chi connectivity index (χ4n) is 3.20. The molecule has 1 saturated heterocycles. The number of likely N-dealkylation sites (tertiary alicyclic amines) is 1. The number of aryl methyl sites for hydroxylation is 1. The molecule has 3 heterocycles. The Hall–Kier alpha value is -0.880. The van der Waals surface area contributed by atoms with Crippen molar-refractivity contribution in [2.75, 3.05) is 18.8 Å². The van der Waals surface area contributed by atoms with Crippen molar-refractivity contribution < 1.29 is 13.2 Å². The third kappa shape index (κ3) is 3.16. The van der Waals surface area contributed by atoms with Gasteiger partial charge < -0.3 is 4.90 Å². The molecule has 1 atom stereocenters. The number of carbonyl (C=O) groups is 1. The molecule has 2 aliphatic heterocycles. The van der Waals surface area contributed by atoms with Crippen LogP contribution in [0.2, 0.25) is 0 Å². The zero-order chi connectivity index (χ0) is 15.0. The second-order valence-electron chi connectivity index (χ2n) is 6.07. The maximum atomic E-state index is 12.6. The lowest BCUT2D eigenvalue weighted by atomic mass is 9.95. The normalized spacial score (nSPS) is 24.6. The SMILES string of the molecule is CC[C@H]1CCCN(C(=O)c2cc3c(s2)CCS(=O)(=O)C3)C1. The number of fused-ring (bicyclic) bond motifs is 1. The molecule has 0 bridgehead atoms. The molecule has 0 saturated carbocycles. The average Bonchev–Trinajstić information content (AvgIpc) is 2.88.